The van der Waals surface area contributed by atoms with Gasteiger partial charge in [0.15, 0.2) is 18.2 Å². The van der Waals surface area contributed by atoms with E-state index in [2.05, 4.69) is 15.1 Å². The number of nitrogens with zero attached hydrogens (tertiary/aromatic N) is 5. The van der Waals surface area contributed by atoms with Crippen molar-refractivity contribution in [2.45, 2.75) is 13.8 Å². The first kappa shape index (κ1) is 12.3. The first-order valence-electron chi connectivity index (χ1n) is 5.17. The van der Waals surface area contributed by atoms with Crippen molar-refractivity contribution in [1.82, 2.24) is 19.7 Å². The van der Waals surface area contributed by atoms with Crippen LogP contribution in [0.1, 0.15) is 11.4 Å². The summed E-state index contributed by atoms with van der Waals surface area (Å²) in [5.41, 5.74) is 1.45. The SMILES string of the molecule is Cc1nn(-c2cc(Cl)ncn2)c(C)c1OCC#N. The van der Waals surface area contributed by atoms with Crippen LogP contribution in [-0.4, -0.2) is 26.4 Å². The molecule has 0 aliphatic carbocycles. The summed E-state index contributed by atoms with van der Waals surface area (Å²) in [4.78, 5) is 7.90. The van der Waals surface area contributed by atoms with Crippen LogP contribution in [0, 0.1) is 25.2 Å². The van der Waals surface area contributed by atoms with Gasteiger partial charge in [-0.3, -0.25) is 0 Å². The predicted octanol–water partition coefficient (Wildman–Crippen LogP) is 1.83. The van der Waals surface area contributed by atoms with Crippen molar-refractivity contribution in [2.75, 3.05) is 6.61 Å². The van der Waals surface area contributed by atoms with Crippen molar-refractivity contribution in [1.29, 1.82) is 5.26 Å². The second-order valence-electron chi connectivity index (χ2n) is 3.56. The van der Waals surface area contributed by atoms with Gasteiger partial charge in [0.05, 0.1) is 5.69 Å². The van der Waals surface area contributed by atoms with Crippen LogP contribution < -0.4 is 4.74 Å². The number of aromatic nitrogens is 4. The fourth-order valence-corrected chi connectivity index (χ4v) is 1.75. The molecule has 0 saturated heterocycles. The number of hydrogen-bond acceptors (Lipinski definition) is 5. The number of rotatable bonds is 3. The summed E-state index contributed by atoms with van der Waals surface area (Å²) < 4.78 is 6.94. The molecule has 0 amide bonds. The van der Waals surface area contributed by atoms with E-state index >= 15 is 0 Å². The van der Waals surface area contributed by atoms with Crippen LogP contribution in [0.15, 0.2) is 12.4 Å². The Kier molecular flexibility index (Phi) is 3.44. The Morgan fingerprint density at radius 2 is 2.22 bits per heavy atom. The zero-order chi connectivity index (χ0) is 13.1. The van der Waals surface area contributed by atoms with Gasteiger partial charge in [0.2, 0.25) is 0 Å². The van der Waals surface area contributed by atoms with Gasteiger partial charge in [0, 0.05) is 6.07 Å². The van der Waals surface area contributed by atoms with Gasteiger partial charge < -0.3 is 4.74 Å². The molecule has 0 bridgehead atoms. The number of aryl methyl sites for hydroxylation is 1. The van der Waals surface area contributed by atoms with E-state index in [1.54, 1.807) is 17.7 Å². The molecule has 92 valence electrons. The van der Waals surface area contributed by atoms with Crippen LogP contribution in [0.25, 0.3) is 5.82 Å². The second-order valence-corrected chi connectivity index (χ2v) is 3.94. The standard InChI is InChI=1S/C11H10ClN5O/c1-7-11(18-4-3-13)8(2)17(16-7)10-5-9(12)14-6-15-10/h5-6H,4H2,1-2H3. The van der Waals surface area contributed by atoms with Gasteiger partial charge in [-0.25, -0.2) is 14.6 Å². The molecule has 0 fully saturated rings. The van der Waals surface area contributed by atoms with Crippen molar-refractivity contribution in [2.24, 2.45) is 0 Å². The van der Waals surface area contributed by atoms with Crippen molar-refractivity contribution in [3.63, 3.8) is 0 Å². The molecule has 2 rings (SSSR count). The van der Waals surface area contributed by atoms with Crippen molar-refractivity contribution in [3.05, 3.63) is 28.9 Å². The van der Waals surface area contributed by atoms with Crippen LogP contribution >= 0.6 is 11.6 Å². The minimum atomic E-state index is -0.0160. The number of nitriles is 1. The summed E-state index contributed by atoms with van der Waals surface area (Å²) in [6.07, 6.45) is 1.37. The van der Waals surface area contributed by atoms with Gasteiger partial charge in [-0.2, -0.15) is 10.4 Å². The first-order chi connectivity index (χ1) is 8.63. The Hall–Kier alpha value is -2.13. The van der Waals surface area contributed by atoms with E-state index in [4.69, 9.17) is 21.6 Å². The summed E-state index contributed by atoms with van der Waals surface area (Å²) in [7, 11) is 0. The van der Waals surface area contributed by atoms with Gasteiger partial charge in [-0.15, -0.1) is 0 Å². The zero-order valence-electron chi connectivity index (χ0n) is 9.88. The molecule has 0 atom stereocenters. The summed E-state index contributed by atoms with van der Waals surface area (Å²) in [6, 6.07) is 3.53. The van der Waals surface area contributed by atoms with E-state index in [-0.39, 0.29) is 6.61 Å². The molecule has 6 nitrogen and oxygen atoms in total. The van der Waals surface area contributed by atoms with Gasteiger partial charge >= 0.3 is 0 Å². The Balaban J connectivity index is 2.44. The topological polar surface area (TPSA) is 76.6 Å². The molecule has 0 radical (unpaired) electrons. The molecule has 2 heterocycles. The van der Waals surface area contributed by atoms with Crippen LogP contribution in [0.3, 0.4) is 0 Å². The highest BCUT2D eigenvalue weighted by atomic mass is 35.5. The fraction of sp³-hybridized carbons (Fsp3) is 0.273. The second kappa shape index (κ2) is 5.02. The highest BCUT2D eigenvalue weighted by molar-refractivity contribution is 6.29. The third-order valence-electron chi connectivity index (χ3n) is 2.34. The highest BCUT2D eigenvalue weighted by Gasteiger charge is 2.15. The first-order valence-corrected chi connectivity index (χ1v) is 5.55. The minimum absolute atomic E-state index is 0.0160. The molecule has 0 aliphatic rings. The Morgan fingerprint density at radius 1 is 1.44 bits per heavy atom. The molecule has 2 aromatic heterocycles. The van der Waals surface area contributed by atoms with Gasteiger partial charge in [0.25, 0.3) is 0 Å². The van der Waals surface area contributed by atoms with Crippen LogP contribution in [0.5, 0.6) is 5.75 Å². The third-order valence-corrected chi connectivity index (χ3v) is 2.55. The van der Waals surface area contributed by atoms with Gasteiger partial charge in [-0.05, 0) is 13.8 Å². The number of ether oxygens (including phenoxy) is 1. The normalized spacial score (nSPS) is 10.1. The van der Waals surface area contributed by atoms with Gasteiger partial charge in [-0.1, -0.05) is 11.6 Å². The molecule has 0 spiro atoms. The molecular weight excluding hydrogens is 254 g/mol. The monoisotopic (exact) mass is 263 g/mol. The fourth-order valence-electron chi connectivity index (χ4n) is 1.60. The van der Waals surface area contributed by atoms with E-state index in [0.29, 0.717) is 22.4 Å². The van der Waals surface area contributed by atoms with Crippen LogP contribution in [0.4, 0.5) is 0 Å². The largest absolute Gasteiger partial charge is 0.475 e. The molecule has 0 unspecified atom stereocenters. The predicted molar refractivity (Wildman–Crippen MR) is 64.7 cm³/mol. The number of halogens is 1. The molecule has 0 aromatic carbocycles. The quantitative estimate of drug-likeness (QED) is 0.790. The van der Waals surface area contributed by atoms with Crippen molar-refractivity contribution < 1.29 is 4.74 Å². The molecule has 7 heteroatoms. The number of hydrogen-bond donors (Lipinski definition) is 0. The molecular formula is C11H10ClN5O. The molecule has 0 N–H and O–H groups in total. The van der Waals surface area contributed by atoms with Gasteiger partial charge in [0.1, 0.15) is 23.2 Å². The van der Waals surface area contributed by atoms with E-state index in [1.165, 1.54) is 6.33 Å². The lowest BCUT2D eigenvalue weighted by Crippen LogP contribution is -2.03. The highest BCUT2D eigenvalue weighted by Crippen LogP contribution is 2.24. The summed E-state index contributed by atoms with van der Waals surface area (Å²) in [5, 5.41) is 13.2. The van der Waals surface area contributed by atoms with Crippen molar-refractivity contribution >= 4 is 11.6 Å². The van der Waals surface area contributed by atoms with E-state index in [1.807, 2.05) is 13.0 Å². The lowest BCUT2D eigenvalue weighted by molar-refractivity contribution is 0.362. The lowest BCUT2D eigenvalue weighted by atomic mass is 10.3. The van der Waals surface area contributed by atoms with Crippen LogP contribution in [-0.2, 0) is 0 Å². The maximum absolute atomic E-state index is 8.53. The Bertz CT molecular complexity index is 616. The summed E-state index contributed by atoms with van der Waals surface area (Å²) in [5.74, 6) is 1.15. The smallest absolute Gasteiger partial charge is 0.174 e. The van der Waals surface area contributed by atoms with E-state index in [0.717, 1.165) is 5.69 Å². The Morgan fingerprint density at radius 3 is 2.89 bits per heavy atom. The van der Waals surface area contributed by atoms with Crippen LogP contribution in [0.2, 0.25) is 5.15 Å². The molecule has 2 aromatic rings. The maximum atomic E-state index is 8.53. The average molecular weight is 264 g/mol. The zero-order valence-corrected chi connectivity index (χ0v) is 10.6. The Labute approximate surface area is 109 Å². The van der Waals surface area contributed by atoms with E-state index in [9.17, 15) is 0 Å². The molecule has 0 aliphatic heterocycles. The summed E-state index contributed by atoms with van der Waals surface area (Å²) in [6.45, 7) is 3.62. The summed E-state index contributed by atoms with van der Waals surface area (Å²) >= 11 is 5.81. The van der Waals surface area contributed by atoms with E-state index < -0.39 is 0 Å². The van der Waals surface area contributed by atoms with Crippen molar-refractivity contribution in [3.8, 4) is 17.6 Å². The maximum Gasteiger partial charge on any atom is 0.174 e. The molecule has 18 heavy (non-hydrogen) atoms. The molecule has 0 saturated carbocycles. The minimum Gasteiger partial charge on any atom is -0.475 e. The average Bonchev–Trinajstić information content (AvgIpc) is 2.63. The lowest BCUT2D eigenvalue weighted by Gasteiger charge is -2.04. The third kappa shape index (κ3) is 2.26.